The van der Waals surface area contributed by atoms with Crippen LogP contribution in [0.5, 0.6) is 11.5 Å². The van der Waals surface area contributed by atoms with E-state index >= 15 is 0 Å². The molecule has 3 aromatic rings. The molecule has 0 aliphatic carbocycles. The number of quaternary nitrogens is 1. The number of carbonyl (C=O) groups excluding carboxylic acids is 1. The molecule has 0 fully saturated rings. The Bertz CT molecular complexity index is 1020. The summed E-state index contributed by atoms with van der Waals surface area (Å²) in [4.78, 5) is 13.8. The third kappa shape index (κ3) is 5.04. The first-order valence-corrected chi connectivity index (χ1v) is 9.61. The van der Waals surface area contributed by atoms with Gasteiger partial charge in [0.25, 0.3) is 5.91 Å². The molecular formula is C23H25F2N2O3+. The number of nitrogens with one attached hydrogen (secondary N) is 2. The fraction of sp³-hybridized carbons (Fsp3) is 0.261. The van der Waals surface area contributed by atoms with Crippen molar-refractivity contribution in [2.75, 3.05) is 19.5 Å². The number of amides is 1. The summed E-state index contributed by atoms with van der Waals surface area (Å²) in [6.45, 7) is -0.563. The van der Waals surface area contributed by atoms with Gasteiger partial charge in [-0.25, -0.2) is 0 Å². The van der Waals surface area contributed by atoms with Gasteiger partial charge in [-0.1, -0.05) is 36.4 Å². The Morgan fingerprint density at radius 1 is 1.07 bits per heavy atom. The van der Waals surface area contributed by atoms with E-state index in [1.54, 1.807) is 12.1 Å². The van der Waals surface area contributed by atoms with Gasteiger partial charge in [0.1, 0.15) is 6.54 Å². The highest BCUT2D eigenvalue weighted by Gasteiger charge is 2.23. The van der Waals surface area contributed by atoms with Crippen LogP contribution in [0, 0.1) is 0 Å². The van der Waals surface area contributed by atoms with E-state index in [0.29, 0.717) is 6.54 Å². The van der Waals surface area contributed by atoms with E-state index in [0.717, 1.165) is 26.9 Å². The molecule has 2 atom stereocenters. The molecule has 5 nitrogen and oxygen atoms in total. The van der Waals surface area contributed by atoms with Crippen LogP contribution in [0.2, 0.25) is 0 Å². The van der Waals surface area contributed by atoms with E-state index in [1.165, 1.54) is 13.2 Å². The van der Waals surface area contributed by atoms with Gasteiger partial charge >= 0.3 is 6.61 Å². The quantitative estimate of drug-likeness (QED) is 0.592. The molecule has 158 valence electrons. The number of alkyl halides is 2. The summed E-state index contributed by atoms with van der Waals surface area (Å²) < 4.78 is 34.6. The highest BCUT2D eigenvalue weighted by molar-refractivity contribution is 6.03. The van der Waals surface area contributed by atoms with Crippen molar-refractivity contribution in [2.24, 2.45) is 0 Å². The number of anilines is 1. The topological polar surface area (TPSA) is 52.0 Å². The van der Waals surface area contributed by atoms with Crippen LogP contribution in [0.4, 0.5) is 14.5 Å². The van der Waals surface area contributed by atoms with Gasteiger partial charge in [0, 0.05) is 16.6 Å². The van der Waals surface area contributed by atoms with Gasteiger partial charge < -0.3 is 19.7 Å². The molecule has 0 saturated heterocycles. The number of rotatable bonds is 8. The molecule has 3 rings (SSSR count). The van der Waals surface area contributed by atoms with E-state index in [2.05, 4.69) is 10.1 Å². The number of hydrogen-bond acceptors (Lipinski definition) is 3. The first-order chi connectivity index (χ1) is 14.4. The molecule has 1 amide bonds. The van der Waals surface area contributed by atoms with Gasteiger partial charge in [0.05, 0.1) is 14.2 Å². The zero-order chi connectivity index (χ0) is 21.7. The lowest BCUT2D eigenvalue weighted by atomic mass is 10.1. The van der Waals surface area contributed by atoms with Crippen LogP contribution in [-0.2, 0) is 11.3 Å². The number of hydrogen-bond donors (Lipinski definition) is 2. The van der Waals surface area contributed by atoms with Crippen molar-refractivity contribution in [1.82, 2.24) is 0 Å². The lowest BCUT2D eigenvalue weighted by molar-refractivity contribution is -0.907. The van der Waals surface area contributed by atoms with Gasteiger partial charge in [-0.2, -0.15) is 8.78 Å². The summed E-state index contributed by atoms with van der Waals surface area (Å²) in [7, 11) is 3.30. The molecule has 0 radical (unpaired) electrons. The number of likely N-dealkylation sites (N-methyl/N-ethyl adjacent to an activating group) is 1. The highest BCUT2D eigenvalue weighted by Crippen LogP contribution is 2.29. The predicted molar refractivity (Wildman–Crippen MR) is 112 cm³/mol. The van der Waals surface area contributed by atoms with Crippen LogP contribution >= 0.6 is 0 Å². The summed E-state index contributed by atoms with van der Waals surface area (Å²) in [5.41, 5.74) is 1.61. The number of benzene rings is 3. The normalized spacial score (nSPS) is 13.1. The van der Waals surface area contributed by atoms with Crippen LogP contribution in [0.25, 0.3) is 10.8 Å². The summed E-state index contributed by atoms with van der Waals surface area (Å²) in [6.07, 6.45) is 0. The first kappa shape index (κ1) is 21.5. The average Bonchev–Trinajstić information content (AvgIpc) is 2.74. The Balaban J connectivity index is 1.69. The highest BCUT2D eigenvalue weighted by atomic mass is 19.3. The number of ether oxygens (including phenoxy) is 2. The Hall–Kier alpha value is -3.19. The Labute approximate surface area is 174 Å². The Morgan fingerprint density at radius 2 is 1.80 bits per heavy atom. The van der Waals surface area contributed by atoms with E-state index in [1.807, 2.05) is 56.4 Å². The largest absolute Gasteiger partial charge is 0.493 e. The second kappa shape index (κ2) is 9.54. The van der Waals surface area contributed by atoms with Crippen molar-refractivity contribution in [1.29, 1.82) is 0 Å². The Kier molecular flexibility index (Phi) is 6.84. The molecule has 3 aromatic carbocycles. The summed E-state index contributed by atoms with van der Waals surface area (Å²) in [6, 6.07) is 18.1. The minimum absolute atomic E-state index is 0.0179. The lowest BCUT2D eigenvalue weighted by Crippen LogP contribution is -3.12. The van der Waals surface area contributed by atoms with E-state index in [4.69, 9.17) is 4.74 Å². The van der Waals surface area contributed by atoms with Gasteiger partial charge in [-0.05, 0) is 36.6 Å². The van der Waals surface area contributed by atoms with E-state index < -0.39 is 6.61 Å². The minimum Gasteiger partial charge on any atom is -0.493 e. The van der Waals surface area contributed by atoms with Crippen LogP contribution in [0.3, 0.4) is 0 Å². The zero-order valence-corrected chi connectivity index (χ0v) is 17.1. The standard InChI is InChI=1S/C23H24F2N2O3/c1-15(22(28)26-19-10-6-8-17-7-4-5-9-18(17)19)27(2)14-16-11-12-20(30-23(24)25)21(13-16)29-3/h4-13,15,23H,14H2,1-3H3,(H,26,28)/p+1/t15-/m1/s1. The number of methoxy groups -OCH3 is 1. The van der Waals surface area contributed by atoms with Crippen LogP contribution in [-0.4, -0.2) is 32.7 Å². The fourth-order valence-corrected chi connectivity index (χ4v) is 3.29. The zero-order valence-electron chi connectivity index (χ0n) is 17.1. The van der Waals surface area contributed by atoms with Gasteiger partial charge in [-0.3, -0.25) is 4.79 Å². The molecule has 0 aliphatic rings. The fourth-order valence-electron chi connectivity index (χ4n) is 3.29. The number of halogens is 2. The van der Waals surface area contributed by atoms with Crippen molar-refractivity contribution in [3.8, 4) is 11.5 Å². The van der Waals surface area contributed by atoms with Gasteiger partial charge in [0.15, 0.2) is 17.5 Å². The predicted octanol–water partition coefficient (Wildman–Crippen LogP) is 3.49. The summed E-state index contributed by atoms with van der Waals surface area (Å²) in [5.74, 6) is 0.109. The minimum atomic E-state index is -2.92. The summed E-state index contributed by atoms with van der Waals surface area (Å²) >= 11 is 0. The third-order valence-corrected chi connectivity index (χ3v) is 5.11. The molecule has 0 saturated carbocycles. The lowest BCUT2D eigenvalue weighted by Gasteiger charge is -2.22. The molecule has 0 aliphatic heterocycles. The number of fused-ring (bicyclic) bond motifs is 1. The molecular weight excluding hydrogens is 390 g/mol. The maximum atomic E-state index is 12.8. The molecule has 0 bridgehead atoms. The second-order valence-corrected chi connectivity index (χ2v) is 7.12. The van der Waals surface area contributed by atoms with Crippen molar-refractivity contribution < 1.29 is 27.9 Å². The molecule has 2 N–H and O–H groups in total. The van der Waals surface area contributed by atoms with Crippen molar-refractivity contribution >= 4 is 22.4 Å². The maximum absolute atomic E-state index is 12.8. The van der Waals surface area contributed by atoms with Gasteiger partial charge in [-0.15, -0.1) is 0 Å². The maximum Gasteiger partial charge on any atom is 0.387 e. The number of carbonyl (C=O) groups is 1. The van der Waals surface area contributed by atoms with Crippen LogP contribution in [0.15, 0.2) is 60.7 Å². The molecule has 30 heavy (non-hydrogen) atoms. The monoisotopic (exact) mass is 415 g/mol. The SMILES string of the molecule is COc1cc(C[NH+](C)[C@H](C)C(=O)Nc2cccc3ccccc23)ccc1OC(F)F. The molecule has 0 aromatic heterocycles. The molecule has 0 spiro atoms. The summed E-state index contributed by atoms with van der Waals surface area (Å²) in [5, 5.41) is 5.06. The van der Waals surface area contributed by atoms with Crippen molar-refractivity contribution in [3.05, 3.63) is 66.2 Å². The van der Waals surface area contributed by atoms with E-state index in [9.17, 15) is 13.6 Å². The second-order valence-electron chi connectivity index (χ2n) is 7.12. The third-order valence-electron chi connectivity index (χ3n) is 5.11. The molecule has 7 heteroatoms. The molecule has 1 unspecified atom stereocenters. The van der Waals surface area contributed by atoms with Crippen molar-refractivity contribution in [3.63, 3.8) is 0 Å². The smallest absolute Gasteiger partial charge is 0.387 e. The molecule has 0 heterocycles. The van der Waals surface area contributed by atoms with Crippen molar-refractivity contribution in [2.45, 2.75) is 26.1 Å². The van der Waals surface area contributed by atoms with E-state index in [-0.39, 0.29) is 23.4 Å². The van der Waals surface area contributed by atoms with Crippen LogP contribution < -0.4 is 19.7 Å². The Morgan fingerprint density at radius 3 is 2.53 bits per heavy atom. The first-order valence-electron chi connectivity index (χ1n) is 9.61. The van der Waals surface area contributed by atoms with Crippen LogP contribution in [0.1, 0.15) is 12.5 Å². The average molecular weight is 415 g/mol. The van der Waals surface area contributed by atoms with Gasteiger partial charge in [0.2, 0.25) is 0 Å².